The lowest BCUT2D eigenvalue weighted by Crippen LogP contribution is -2.44. The van der Waals surface area contributed by atoms with Crippen LogP contribution in [0.5, 0.6) is 11.5 Å². The zero-order valence-electron chi connectivity index (χ0n) is 14.3. The molecular weight excluding hydrogens is 298 g/mol. The first-order valence-corrected chi connectivity index (χ1v) is 8.60. The van der Waals surface area contributed by atoms with Gasteiger partial charge in [-0.3, -0.25) is 0 Å². The van der Waals surface area contributed by atoms with Crippen molar-refractivity contribution in [1.82, 2.24) is 0 Å². The fourth-order valence-electron chi connectivity index (χ4n) is 3.99. The van der Waals surface area contributed by atoms with E-state index < -0.39 is 12.0 Å². The summed E-state index contributed by atoms with van der Waals surface area (Å²) in [7, 11) is 0. The Bertz CT molecular complexity index is 610. The minimum Gasteiger partial charge on any atom is -0.508 e. The molecule has 1 saturated carbocycles. The summed E-state index contributed by atoms with van der Waals surface area (Å²) in [5, 5.41) is 10.6. The van der Waals surface area contributed by atoms with Crippen LogP contribution in [0.3, 0.4) is 0 Å². The minimum absolute atomic E-state index is 0.110. The number of rotatable bonds is 2. The number of halogens is 2. The standard InChI is InChI=1S/C19H26F2O2/c1-5-18(3,4)12-9-15(22)17-13-8-11(2)6-7-14(13)19(20,21)23-16(17)10-12/h9-11,13-14,22H,5-8H2,1-4H3. The number of hydrogen-bond acceptors (Lipinski definition) is 2. The molecule has 1 heterocycles. The van der Waals surface area contributed by atoms with E-state index in [-0.39, 0.29) is 22.8 Å². The van der Waals surface area contributed by atoms with Gasteiger partial charge in [0, 0.05) is 11.5 Å². The number of aromatic hydroxyl groups is 1. The molecule has 0 bridgehead atoms. The number of benzene rings is 1. The van der Waals surface area contributed by atoms with Gasteiger partial charge in [-0.15, -0.1) is 0 Å². The van der Waals surface area contributed by atoms with Gasteiger partial charge in [0.2, 0.25) is 0 Å². The molecule has 1 aliphatic carbocycles. The molecule has 0 radical (unpaired) electrons. The highest BCUT2D eigenvalue weighted by molar-refractivity contribution is 5.53. The lowest BCUT2D eigenvalue weighted by atomic mass is 9.69. The van der Waals surface area contributed by atoms with E-state index in [4.69, 9.17) is 4.74 Å². The molecule has 3 atom stereocenters. The maximum atomic E-state index is 14.5. The summed E-state index contributed by atoms with van der Waals surface area (Å²) in [6.07, 6.45) is -0.387. The van der Waals surface area contributed by atoms with Crippen LogP contribution in [-0.2, 0) is 5.41 Å². The van der Waals surface area contributed by atoms with Gasteiger partial charge in [0.1, 0.15) is 11.5 Å². The van der Waals surface area contributed by atoms with Crippen LogP contribution in [0.2, 0.25) is 0 Å². The van der Waals surface area contributed by atoms with Crippen LogP contribution in [0.4, 0.5) is 8.78 Å². The van der Waals surface area contributed by atoms with E-state index in [1.165, 1.54) is 0 Å². The third-order valence-corrected chi connectivity index (χ3v) is 5.95. The van der Waals surface area contributed by atoms with Crippen LogP contribution in [-0.4, -0.2) is 11.2 Å². The highest BCUT2D eigenvalue weighted by atomic mass is 19.3. The lowest BCUT2D eigenvalue weighted by molar-refractivity contribution is -0.237. The fourth-order valence-corrected chi connectivity index (χ4v) is 3.99. The summed E-state index contributed by atoms with van der Waals surface area (Å²) in [6.45, 7) is 8.22. The molecule has 1 aromatic rings. The Kier molecular flexibility index (Phi) is 3.85. The first-order valence-electron chi connectivity index (χ1n) is 8.60. The number of phenolic OH excluding ortho intramolecular Hbond substituents is 1. The van der Waals surface area contributed by atoms with Gasteiger partial charge < -0.3 is 9.84 Å². The van der Waals surface area contributed by atoms with Crippen molar-refractivity contribution in [2.45, 2.75) is 70.8 Å². The topological polar surface area (TPSA) is 29.5 Å². The van der Waals surface area contributed by atoms with E-state index in [1.807, 2.05) is 20.8 Å². The first-order chi connectivity index (χ1) is 10.7. The lowest BCUT2D eigenvalue weighted by Gasteiger charge is -2.44. The smallest absolute Gasteiger partial charge is 0.401 e. The molecule has 0 aromatic heterocycles. The Balaban J connectivity index is 2.11. The quantitative estimate of drug-likeness (QED) is 0.769. The van der Waals surface area contributed by atoms with Crippen molar-refractivity contribution in [3.63, 3.8) is 0 Å². The monoisotopic (exact) mass is 324 g/mol. The van der Waals surface area contributed by atoms with Crippen molar-refractivity contribution >= 4 is 0 Å². The van der Waals surface area contributed by atoms with Crippen LogP contribution in [0.25, 0.3) is 0 Å². The van der Waals surface area contributed by atoms with E-state index in [9.17, 15) is 13.9 Å². The summed E-state index contributed by atoms with van der Waals surface area (Å²) in [5.41, 5.74) is 1.24. The van der Waals surface area contributed by atoms with Crippen molar-refractivity contribution < 1.29 is 18.6 Å². The molecule has 1 aliphatic heterocycles. The van der Waals surface area contributed by atoms with E-state index in [0.29, 0.717) is 24.3 Å². The van der Waals surface area contributed by atoms with Crippen LogP contribution < -0.4 is 4.74 Å². The SMILES string of the molecule is CCC(C)(C)c1cc(O)c2c(c1)OC(F)(F)C1CCC(C)CC21. The third kappa shape index (κ3) is 2.70. The van der Waals surface area contributed by atoms with Gasteiger partial charge in [-0.25, -0.2) is 0 Å². The molecule has 3 unspecified atom stereocenters. The Morgan fingerprint density at radius 3 is 2.65 bits per heavy atom. The molecule has 2 nitrogen and oxygen atoms in total. The van der Waals surface area contributed by atoms with Crippen LogP contribution in [0.1, 0.15) is 70.4 Å². The maximum Gasteiger partial charge on any atom is 0.401 e. The van der Waals surface area contributed by atoms with Crippen LogP contribution in [0.15, 0.2) is 12.1 Å². The highest BCUT2D eigenvalue weighted by Crippen LogP contribution is 2.57. The van der Waals surface area contributed by atoms with Gasteiger partial charge in [0.25, 0.3) is 0 Å². The molecule has 0 saturated heterocycles. The minimum atomic E-state index is -3.15. The summed E-state index contributed by atoms with van der Waals surface area (Å²) in [4.78, 5) is 0. The molecular formula is C19H26F2O2. The van der Waals surface area contributed by atoms with E-state index in [0.717, 1.165) is 18.4 Å². The summed E-state index contributed by atoms with van der Waals surface area (Å²) in [6, 6.07) is 3.45. The Hall–Kier alpha value is -1.32. The largest absolute Gasteiger partial charge is 0.508 e. The normalized spacial score (nSPS) is 29.4. The molecule has 4 heteroatoms. The molecule has 0 spiro atoms. The zero-order valence-corrected chi connectivity index (χ0v) is 14.3. The van der Waals surface area contributed by atoms with Crippen molar-refractivity contribution in [2.75, 3.05) is 0 Å². The van der Waals surface area contributed by atoms with Gasteiger partial charge in [0.05, 0.1) is 5.92 Å². The van der Waals surface area contributed by atoms with Crippen molar-refractivity contribution in [3.8, 4) is 11.5 Å². The van der Waals surface area contributed by atoms with Crippen LogP contribution in [0, 0.1) is 11.8 Å². The zero-order chi connectivity index (χ0) is 17.0. The Morgan fingerprint density at radius 1 is 1.30 bits per heavy atom. The predicted molar refractivity (Wildman–Crippen MR) is 86.2 cm³/mol. The number of phenols is 1. The van der Waals surface area contributed by atoms with Gasteiger partial charge in [-0.05, 0) is 48.3 Å². The molecule has 128 valence electrons. The molecule has 0 amide bonds. The van der Waals surface area contributed by atoms with Gasteiger partial charge in [0.15, 0.2) is 0 Å². The van der Waals surface area contributed by atoms with E-state index in [1.54, 1.807) is 12.1 Å². The van der Waals surface area contributed by atoms with Crippen LogP contribution >= 0.6 is 0 Å². The first kappa shape index (κ1) is 16.5. The number of fused-ring (bicyclic) bond motifs is 3. The van der Waals surface area contributed by atoms with E-state index >= 15 is 0 Å². The average molecular weight is 324 g/mol. The second-order valence-corrected chi connectivity index (χ2v) is 7.94. The van der Waals surface area contributed by atoms with Gasteiger partial charge in [-0.2, -0.15) is 8.78 Å². The van der Waals surface area contributed by atoms with Gasteiger partial charge in [-0.1, -0.05) is 34.1 Å². The molecule has 23 heavy (non-hydrogen) atoms. The second-order valence-electron chi connectivity index (χ2n) is 7.94. The number of alkyl halides is 2. The molecule has 1 fully saturated rings. The van der Waals surface area contributed by atoms with Gasteiger partial charge >= 0.3 is 6.11 Å². The summed E-state index contributed by atoms with van der Waals surface area (Å²) >= 11 is 0. The van der Waals surface area contributed by atoms with Crippen molar-refractivity contribution in [2.24, 2.45) is 11.8 Å². The molecule has 1 aromatic carbocycles. The average Bonchev–Trinajstić information content (AvgIpc) is 2.45. The third-order valence-electron chi connectivity index (χ3n) is 5.95. The number of hydrogen-bond donors (Lipinski definition) is 1. The number of ether oxygens (including phenoxy) is 1. The maximum absolute atomic E-state index is 14.5. The summed E-state index contributed by atoms with van der Waals surface area (Å²) < 4.78 is 34.1. The Labute approximate surface area is 136 Å². The predicted octanol–water partition coefficient (Wildman–Crippen LogP) is 5.58. The summed E-state index contributed by atoms with van der Waals surface area (Å²) in [5.74, 6) is -0.483. The van der Waals surface area contributed by atoms with Crippen molar-refractivity contribution in [1.29, 1.82) is 0 Å². The Morgan fingerprint density at radius 2 is 2.00 bits per heavy atom. The molecule has 1 N–H and O–H groups in total. The fraction of sp³-hybridized carbons (Fsp3) is 0.684. The van der Waals surface area contributed by atoms with E-state index in [2.05, 4.69) is 6.92 Å². The molecule has 3 rings (SSSR count). The highest BCUT2D eigenvalue weighted by Gasteiger charge is 2.54. The van der Waals surface area contributed by atoms with Crippen molar-refractivity contribution in [3.05, 3.63) is 23.3 Å². The molecule has 2 aliphatic rings. The second kappa shape index (κ2) is 5.35.